The Morgan fingerprint density at radius 1 is 1.38 bits per heavy atom. The molecule has 82 valence electrons. The Bertz CT molecular complexity index is 488. The summed E-state index contributed by atoms with van der Waals surface area (Å²) in [5, 5.41) is 2.31. The van der Waals surface area contributed by atoms with Crippen LogP contribution in [0.5, 0.6) is 0 Å². The molecule has 0 bridgehead atoms. The average molecular weight is 213 g/mol. The third-order valence-electron chi connectivity index (χ3n) is 2.68. The maximum atomic E-state index is 5.56. The summed E-state index contributed by atoms with van der Waals surface area (Å²) in [6.45, 7) is 3.74. The molecule has 16 heavy (non-hydrogen) atoms. The SMILES string of the molecule is C=CCC(NN)c1cncc2ccccc12. The molecular weight excluding hydrogens is 198 g/mol. The zero-order chi connectivity index (χ0) is 11.4. The van der Waals surface area contributed by atoms with Gasteiger partial charge in [-0.25, -0.2) is 0 Å². The molecule has 3 nitrogen and oxygen atoms in total. The van der Waals surface area contributed by atoms with E-state index >= 15 is 0 Å². The number of aromatic nitrogens is 1. The molecule has 0 saturated heterocycles. The van der Waals surface area contributed by atoms with Crippen LogP contribution in [0.1, 0.15) is 18.0 Å². The highest BCUT2D eigenvalue weighted by atomic mass is 15.2. The van der Waals surface area contributed by atoms with Crippen LogP contribution in [0, 0.1) is 0 Å². The monoisotopic (exact) mass is 213 g/mol. The molecule has 1 heterocycles. The topological polar surface area (TPSA) is 50.9 Å². The van der Waals surface area contributed by atoms with Gasteiger partial charge in [-0.1, -0.05) is 30.3 Å². The van der Waals surface area contributed by atoms with Crippen LogP contribution in [0.25, 0.3) is 10.8 Å². The van der Waals surface area contributed by atoms with Crippen molar-refractivity contribution in [3.63, 3.8) is 0 Å². The maximum Gasteiger partial charge on any atom is 0.0515 e. The van der Waals surface area contributed by atoms with Crippen LogP contribution >= 0.6 is 0 Å². The molecule has 3 heteroatoms. The summed E-state index contributed by atoms with van der Waals surface area (Å²) in [6.07, 6.45) is 6.36. The number of nitrogens with one attached hydrogen (secondary N) is 1. The van der Waals surface area contributed by atoms with Crippen LogP contribution in [0.2, 0.25) is 0 Å². The van der Waals surface area contributed by atoms with E-state index in [4.69, 9.17) is 5.84 Å². The number of rotatable bonds is 4. The number of fused-ring (bicyclic) bond motifs is 1. The lowest BCUT2D eigenvalue weighted by Gasteiger charge is -2.15. The molecule has 1 atom stereocenters. The van der Waals surface area contributed by atoms with Crippen molar-refractivity contribution in [3.8, 4) is 0 Å². The molecule has 0 aliphatic heterocycles. The summed E-state index contributed by atoms with van der Waals surface area (Å²) < 4.78 is 0. The van der Waals surface area contributed by atoms with E-state index in [9.17, 15) is 0 Å². The van der Waals surface area contributed by atoms with Gasteiger partial charge in [-0.05, 0) is 17.4 Å². The van der Waals surface area contributed by atoms with Gasteiger partial charge in [0.2, 0.25) is 0 Å². The number of benzene rings is 1. The molecule has 0 aliphatic carbocycles. The zero-order valence-corrected chi connectivity index (χ0v) is 9.06. The third kappa shape index (κ3) is 1.96. The van der Waals surface area contributed by atoms with Gasteiger partial charge in [0.25, 0.3) is 0 Å². The van der Waals surface area contributed by atoms with Crippen molar-refractivity contribution in [2.24, 2.45) is 5.84 Å². The maximum absolute atomic E-state index is 5.56. The molecule has 0 spiro atoms. The van der Waals surface area contributed by atoms with Gasteiger partial charge in [-0.3, -0.25) is 16.3 Å². The molecule has 2 rings (SSSR count). The fourth-order valence-corrected chi connectivity index (χ4v) is 1.87. The van der Waals surface area contributed by atoms with Crippen LogP contribution in [0.3, 0.4) is 0 Å². The van der Waals surface area contributed by atoms with Crippen molar-refractivity contribution in [2.45, 2.75) is 12.5 Å². The van der Waals surface area contributed by atoms with E-state index < -0.39 is 0 Å². The Morgan fingerprint density at radius 3 is 2.94 bits per heavy atom. The molecule has 0 aliphatic rings. The van der Waals surface area contributed by atoms with Gasteiger partial charge in [0, 0.05) is 17.8 Å². The normalized spacial score (nSPS) is 12.6. The van der Waals surface area contributed by atoms with Gasteiger partial charge >= 0.3 is 0 Å². The molecule has 1 unspecified atom stereocenters. The fourth-order valence-electron chi connectivity index (χ4n) is 1.87. The van der Waals surface area contributed by atoms with Crippen molar-refractivity contribution in [2.75, 3.05) is 0 Å². The summed E-state index contributed by atoms with van der Waals surface area (Å²) in [5.74, 6) is 5.56. The minimum absolute atomic E-state index is 0.0658. The molecule has 1 aromatic carbocycles. The summed E-state index contributed by atoms with van der Waals surface area (Å²) in [4.78, 5) is 4.23. The Labute approximate surface area is 95.0 Å². The second kappa shape index (κ2) is 4.88. The van der Waals surface area contributed by atoms with Gasteiger partial charge in [0.15, 0.2) is 0 Å². The first kappa shape index (κ1) is 10.8. The van der Waals surface area contributed by atoms with E-state index in [1.165, 1.54) is 5.39 Å². The summed E-state index contributed by atoms with van der Waals surface area (Å²) in [5.41, 5.74) is 3.91. The highest BCUT2D eigenvalue weighted by Gasteiger charge is 2.11. The van der Waals surface area contributed by atoms with E-state index in [0.29, 0.717) is 0 Å². The van der Waals surface area contributed by atoms with Crippen LogP contribution in [0.15, 0.2) is 49.3 Å². The van der Waals surface area contributed by atoms with Gasteiger partial charge < -0.3 is 0 Å². The summed E-state index contributed by atoms with van der Waals surface area (Å²) in [7, 11) is 0. The molecule has 0 saturated carbocycles. The number of hydrogen-bond acceptors (Lipinski definition) is 3. The van der Waals surface area contributed by atoms with E-state index in [0.717, 1.165) is 17.4 Å². The second-order valence-corrected chi connectivity index (χ2v) is 3.69. The molecule has 0 amide bonds. The Kier molecular flexibility index (Phi) is 3.29. The van der Waals surface area contributed by atoms with Gasteiger partial charge in [0.05, 0.1) is 6.04 Å². The lowest BCUT2D eigenvalue weighted by molar-refractivity contribution is 0.564. The van der Waals surface area contributed by atoms with Crippen molar-refractivity contribution in [1.29, 1.82) is 0 Å². The molecule has 1 aromatic heterocycles. The van der Waals surface area contributed by atoms with E-state index in [-0.39, 0.29) is 6.04 Å². The van der Waals surface area contributed by atoms with Crippen molar-refractivity contribution >= 4 is 10.8 Å². The van der Waals surface area contributed by atoms with Gasteiger partial charge in [-0.2, -0.15) is 0 Å². The number of nitrogens with zero attached hydrogens (tertiary/aromatic N) is 1. The molecule has 3 N–H and O–H groups in total. The van der Waals surface area contributed by atoms with Crippen molar-refractivity contribution in [3.05, 3.63) is 54.9 Å². The van der Waals surface area contributed by atoms with Crippen molar-refractivity contribution < 1.29 is 0 Å². The number of hydrazine groups is 1. The van der Waals surface area contributed by atoms with E-state index in [1.807, 2.05) is 36.7 Å². The van der Waals surface area contributed by atoms with Crippen molar-refractivity contribution in [1.82, 2.24) is 10.4 Å². The van der Waals surface area contributed by atoms with Crippen LogP contribution in [-0.4, -0.2) is 4.98 Å². The molecule has 0 radical (unpaired) electrons. The lowest BCUT2D eigenvalue weighted by Crippen LogP contribution is -2.27. The smallest absolute Gasteiger partial charge is 0.0515 e. The predicted molar refractivity (Wildman–Crippen MR) is 66.6 cm³/mol. The third-order valence-corrected chi connectivity index (χ3v) is 2.68. The Hall–Kier alpha value is -1.71. The first-order valence-corrected chi connectivity index (χ1v) is 5.26. The van der Waals surface area contributed by atoms with Gasteiger partial charge in [0.1, 0.15) is 0 Å². The Balaban J connectivity index is 2.54. The van der Waals surface area contributed by atoms with E-state index in [2.05, 4.69) is 23.1 Å². The fraction of sp³-hybridized carbons (Fsp3) is 0.154. The number of hydrogen-bond donors (Lipinski definition) is 2. The summed E-state index contributed by atoms with van der Waals surface area (Å²) in [6, 6.07) is 8.23. The van der Waals surface area contributed by atoms with E-state index in [1.54, 1.807) is 0 Å². The van der Waals surface area contributed by atoms with Crippen LogP contribution in [0.4, 0.5) is 0 Å². The van der Waals surface area contributed by atoms with Gasteiger partial charge in [-0.15, -0.1) is 6.58 Å². The molecular formula is C13H15N3. The highest BCUT2D eigenvalue weighted by Crippen LogP contribution is 2.24. The van der Waals surface area contributed by atoms with Crippen LogP contribution in [-0.2, 0) is 0 Å². The minimum atomic E-state index is 0.0658. The first-order chi connectivity index (χ1) is 7.86. The van der Waals surface area contributed by atoms with Crippen LogP contribution < -0.4 is 11.3 Å². The number of pyridine rings is 1. The largest absolute Gasteiger partial charge is 0.271 e. The first-order valence-electron chi connectivity index (χ1n) is 5.26. The Morgan fingerprint density at radius 2 is 2.19 bits per heavy atom. The minimum Gasteiger partial charge on any atom is -0.271 e. The molecule has 2 aromatic rings. The summed E-state index contributed by atoms with van der Waals surface area (Å²) >= 11 is 0. The zero-order valence-electron chi connectivity index (χ0n) is 9.06. The second-order valence-electron chi connectivity index (χ2n) is 3.69. The quantitative estimate of drug-likeness (QED) is 0.465. The average Bonchev–Trinajstić information content (AvgIpc) is 2.35. The number of nitrogens with two attached hydrogens (primary N) is 1. The predicted octanol–water partition coefficient (Wildman–Crippen LogP) is 2.32. The standard InChI is InChI=1S/C13H15N3/c1-2-5-13(16-14)12-9-15-8-10-6-3-4-7-11(10)12/h2-4,6-9,13,16H,1,5,14H2. The lowest BCUT2D eigenvalue weighted by atomic mass is 10.00. The highest BCUT2D eigenvalue weighted by molar-refractivity contribution is 5.85. The molecule has 0 fully saturated rings.